The van der Waals surface area contributed by atoms with Gasteiger partial charge in [-0.2, -0.15) is 0 Å². The molecule has 0 bridgehead atoms. The monoisotopic (exact) mass is 413 g/mol. The van der Waals surface area contributed by atoms with Crippen molar-refractivity contribution in [3.8, 4) is 28.1 Å². The van der Waals surface area contributed by atoms with Crippen LogP contribution >= 0.6 is 0 Å². The standard InChI is InChI=1S/C27H24FNO2/c1-3-4-14-31-23-7-5-6-21(15-23)19-8-10-20(11-9-19)27-17-24(18(2)30)25-16-22(28)12-13-26(25)29-27/h5-13,15-17,30H,2-4,14H2,1H3. The fourth-order valence-electron chi connectivity index (χ4n) is 3.52. The van der Waals surface area contributed by atoms with Gasteiger partial charge in [0, 0.05) is 16.5 Å². The number of fused-ring (bicyclic) bond motifs is 1. The van der Waals surface area contributed by atoms with Gasteiger partial charge in [-0.05, 0) is 53.9 Å². The van der Waals surface area contributed by atoms with Gasteiger partial charge in [-0.3, -0.25) is 0 Å². The van der Waals surface area contributed by atoms with E-state index in [4.69, 9.17) is 4.74 Å². The lowest BCUT2D eigenvalue weighted by Crippen LogP contribution is -1.96. The van der Waals surface area contributed by atoms with Crippen molar-refractivity contribution >= 4 is 16.7 Å². The zero-order valence-corrected chi connectivity index (χ0v) is 17.4. The molecule has 0 atom stereocenters. The van der Waals surface area contributed by atoms with Gasteiger partial charge in [-0.15, -0.1) is 0 Å². The summed E-state index contributed by atoms with van der Waals surface area (Å²) in [4.78, 5) is 4.65. The highest BCUT2D eigenvalue weighted by Crippen LogP contribution is 2.30. The third-order valence-corrected chi connectivity index (χ3v) is 5.20. The normalized spacial score (nSPS) is 10.9. The van der Waals surface area contributed by atoms with Crippen molar-refractivity contribution in [3.63, 3.8) is 0 Å². The number of aromatic nitrogens is 1. The Morgan fingerprint density at radius 1 is 0.968 bits per heavy atom. The molecule has 0 aliphatic heterocycles. The van der Waals surface area contributed by atoms with Gasteiger partial charge in [0.2, 0.25) is 0 Å². The fourth-order valence-corrected chi connectivity index (χ4v) is 3.52. The summed E-state index contributed by atoms with van der Waals surface area (Å²) < 4.78 is 19.5. The van der Waals surface area contributed by atoms with Gasteiger partial charge in [-0.25, -0.2) is 9.37 Å². The molecule has 0 saturated carbocycles. The van der Waals surface area contributed by atoms with Crippen LogP contribution in [-0.2, 0) is 0 Å². The number of hydrogen-bond donors (Lipinski definition) is 1. The predicted molar refractivity (Wildman–Crippen MR) is 125 cm³/mol. The van der Waals surface area contributed by atoms with Crippen molar-refractivity contribution < 1.29 is 14.2 Å². The van der Waals surface area contributed by atoms with E-state index in [1.54, 1.807) is 12.1 Å². The van der Waals surface area contributed by atoms with Crippen molar-refractivity contribution in [2.24, 2.45) is 0 Å². The third kappa shape index (κ3) is 4.58. The Kier molecular flexibility index (Phi) is 5.99. The van der Waals surface area contributed by atoms with Gasteiger partial charge >= 0.3 is 0 Å². The molecular formula is C27H24FNO2. The first-order valence-corrected chi connectivity index (χ1v) is 10.4. The molecule has 0 aliphatic carbocycles. The molecule has 0 spiro atoms. The van der Waals surface area contributed by atoms with Crippen molar-refractivity contribution in [3.05, 3.63) is 90.8 Å². The van der Waals surface area contributed by atoms with Crippen molar-refractivity contribution in [2.75, 3.05) is 6.61 Å². The van der Waals surface area contributed by atoms with Gasteiger partial charge in [0.25, 0.3) is 0 Å². The minimum atomic E-state index is -0.380. The minimum Gasteiger partial charge on any atom is -0.508 e. The van der Waals surface area contributed by atoms with E-state index in [2.05, 4.69) is 24.6 Å². The zero-order valence-electron chi connectivity index (χ0n) is 17.4. The van der Waals surface area contributed by atoms with E-state index in [-0.39, 0.29) is 11.6 Å². The molecule has 0 aliphatic rings. The first-order chi connectivity index (χ1) is 15.0. The summed E-state index contributed by atoms with van der Waals surface area (Å²) in [7, 11) is 0. The van der Waals surface area contributed by atoms with E-state index in [1.165, 1.54) is 12.1 Å². The average molecular weight is 413 g/mol. The second-order valence-electron chi connectivity index (χ2n) is 7.47. The molecule has 0 amide bonds. The Morgan fingerprint density at radius 3 is 2.48 bits per heavy atom. The highest BCUT2D eigenvalue weighted by Gasteiger charge is 2.11. The lowest BCUT2D eigenvalue weighted by Gasteiger charge is -2.11. The molecule has 1 heterocycles. The first-order valence-electron chi connectivity index (χ1n) is 10.4. The lowest BCUT2D eigenvalue weighted by atomic mass is 10.00. The van der Waals surface area contributed by atoms with Crippen LogP contribution in [0.5, 0.6) is 5.75 Å². The molecule has 4 aromatic rings. The SMILES string of the molecule is C=C(O)c1cc(-c2ccc(-c3cccc(OCCCC)c3)cc2)nc2ccc(F)cc12. The number of benzene rings is 3. The maximum atomic E-state index is 13.7. The zero-order chi connectivity index (χ0) is 21.8. The van der Waals surface area contributed by atoms with Crippen LogP contribution in [0.1, 0.15) is 25.3 Å². The fraction of sp³-hybridized carbons (Fsp3) is 0.148. The number of pyridine rings is 1. The van der Waals surface area contributed by atoms with E-state index in [9.17, 15) is 9.50 Å². The topological polar surface area (TPSA) is 42.4 Å². The summed E-state index contributed by atoms with van der Waals surface area (Å²) in [6, 6.07) is 22.2. The van der Waals surface area contributed by atoms with Crippen molar-refractivity contribution in [1.29, 1.82) is 0 Å². The number of unbranched alkanes of at least 4 members (excludes halogenated alkanes) is 1. The quantitative estimate of drug-likeness (QED) is 0.253. The first kappa shape index (κ1) is 20.6. The van der Waals surface area contributed by atoms with Gasteiger partial charge in [0.05, 0.1) is 17.8 Å². The van der Waals surface area contributed by atoms with Crippen LogP contribution in [0.3, 0.4) is 0 Å². The Morgan fingerprint density at radius 2 is 1.74 bits per heavy atom. The minimum absolute atomic E-state index is 0.115. The van der Waals surface area contributed by atoms with Gasteiger partial charge in [0.15, 0.2) is 0 Å². The molecule has 1 aromatic heterocycles. The summed E-state index contributed by atoms with van der Waals surface area (Å²) in [6.07, 6.45) is 2.14. The van der Waals surface area contributed by atoms with E-state index >= 15 is 0 Å². The second-order valence-corrected chi connectivity index (χ2v) is 7.47. The molecular weight excluding hydrogens is 389 g/mol. The Balaban J connectivity index is 1.66. The maximum Gasteiger partial charge on any atom is 0.123 e. The average Bonchev–Trinajstić information content (AvgIpc) is 2.79. The molecule has 0 saturated heterocycles. The number of aliphatic hydroxyl groups excluding tert-OH is 1. The summed E-state index contributed by atoms with van der Waals surface area (Å²) in [5.74, 6) is 0.370. The number of nitrogens with zero attached hydrogens (tertiary/aromatic N) is 1. The van der Waals surface area contributed by atoms with Crippen LogP contribution in [0.15, 0.2) is 79.4 Å². The molecule has 3 nitrogen and oxygen atoms in total. The van der Waals surface area contributed by atoms with Crippen molar-refractivity contribution in [1.82, 2.24) is 4.98 Å². The van der Waals surface area contributed by atoms with E-state index in [1.807, 2.05) is 42.5 Å². The van der Waals surface area contributed by atoms with Crippen LogP contribution in [0.2, 0.25) is 0 Å². The van der Waals surface area contributed by atoms with E-state index in [0.717, 1.165) is 41.9 Å². The Hall–Kier alpha value is -3.66. The van der Waals surface area contributed by atoms with Crippen LogP contribution in [-0.4, -0.2) is 16.7 Å². The number of halogens is 1. The molecule has 31 heavy (non-hydrogen) atoms. The molecule has 0 fully saturated rings. The third-order valence-electron chi connectivity index (χ3n) is 5.20. The van der Waals surface area contributed by atoms with Crippen molar-refractivity contribution in [2.45, 2.75) is 19.8 Å². The number of rotatable bonds is 7. The summed E-state index contributed by atoms with van der Waals surface area (Å²) in [5, 5.41) is 10.6. The molecule has 0 radical (unpaired) electrons. The molecule has 0 unspecified atom stereocenters. The van der Waals surface area contributed by atoms with Crippen LogP contribution in [0.4, 0.5) is 4.39 Å². The molecule has 4 heteroatoms. The highest BCUT2D eigenvalue weighted by atomic mass is 19.1. The lowest BCUT2D eigenvalue weighted by molar-refractivity contribution is 0.309. The van der Waals surface area contributed by atoms with E-state index in [0.29, 0.717) is 22.2 Å². The number of aliphatic hydroxyl groups is 1. The van der Waals surface area contributed by atoms with Crippen LogP contribution in [0.25, 0.3) is 39.0 Å². The largest absolute Gasteiger partial charge is 0.508 e. The smallest absolute Gasteiger partial charge is 0.123 e. The van der Waals surface area contributed by atoms with Gasteiger partial charge < -0.3 is 9.84 Å². The van der Waals surface area contributed by atoms with Crippen LogP contribution < -0.4 is 4.74 Å². The molecule has 156 valence electrons. The predicted octanol–water partition coefficient (Wildman–Crippen LogP) is 7.42. The molecule has 3 aromatic carbocycles. The number of hydrogen-bond acceptors (Lipinski definition) is 3. The van der Waals surface area contributed by atoms with Gasteiger partial charge in [0.1, 0.15) is 17.3 Å². The van der Waals surface area contributed by atoms with Crippen LogP contribution in [0, 0.1) is 5.82 Å². The number of ether oxygens (including phenoxy) is 1. The summed E-state index contributed by atoms with van der Waals surface area (Å²) in [6.45, 7) is 6.48. The van der Waals surface area contributed by atoms with Gasteiger partial charge in [-0.1, -0.05) is 56.3 Å². The Labute approximate surface area is 181 Å². The molecule has 1 N–H and O–H groups in total. The molecule has 4 rings (SSSR count). The Bertz CT molecular complexity index is 1230. The van der Waals surface area contributed by atoms with E-state index < -0.39 is 0 Å². The second kappa shape index (κ2) is 9.00. The summed E-state index contributed by atoms with van der Waals surface area (Å²) in [5.41, 5.74) is 4.80. The highest BCUT2D eigenvalue weighted by molar-refractivity contribution is 5.92. The maximum absolute atomic E-state index is 13.7. The summed E-state index contributed by atoms with van der Waals surface area (Å²) >= 11 is 0.